The van der Waals surface area contributed by atoms with Gasteiger partial charge in [-0.2, -0.15) is 0 Å². The first-order chi connectivity index (χ1) is 14.9. The molecule has 31 heavy (non-hydrogen) atoms. The predicted octanol–water partition coefficient (Wildman–Crippen LogP) is 3.51. The van der Waals surface area contributed by atoms with Crippen LogP contribution in [-0.4, -0.2) is 52.0 Å². The lowest BCUT2D eigenvalue weighted by Crippen LogP contribution is -2.50. The Morgan fingerprint density at radius 3 is 2.77 bits per heavy atom. The summed E-state index contributed by atoms with van der Waals surface area (Å²) in [6.45, 7) is 9.15. The second-order valence-corrected chi connectivity index (χ2v) is 8.48. The maximum Gasteiger partial charge on any atom is 0.344 e. The predicted molar refractivity (Wildman–Crippen MR) is 123 cm³/mol. The third-order valence-electron chi connectivity index (χ3n) is 6.29. The summed E-state index contributed by atoms with van der Waals surface area (Å²) >= 11 is 0. The Balaban J connectivity index is 1.55. The van der Waals surface area contributed by atoms with Crippen molar-refractivity contribution in [3.8, 4) is 11.5 Å². The van der Waals surface area contributed by atoms with E-state index < -0.39 is 0 Å². The number of aromatic nitrogens is 3. The van der Waals surface area contributed by atoms with Crippen LogP contribution in [0.4, 0.5) is 5.69 Å². The molecular formula is C24H27N5O2. The molecule has 1 aliphatic rings. The molecular weight excluding hydrogens is 390 g/mol. The maximum absolute atomic E-state index is 12.9. The quantitative estimate of drug-likeness (QED) is 0.508. The average Bonchev–Trinajstić information content (AvgIpc) is 3.19. The van der Waals surface area contributed by atoms with Gasteiger partial charge in [0.25, 0.3) is 0 Å². The molecule has 3 aromatic heterocycles. The molecule has 0 amide bonds. The number of piperazine rings is 1. The van der Waals surface area contributed by atoms with Crippen LogP contribution in [0.1, 0.15) is 25.2 Å². The Morgan fingerprint density at radius 2 is 2.00 bits per heavy atom. The summed E-state index contributed by atoms with van der Waals surface area (Å²) in [5.41, 5.74) is 4.02. The van der Waals surface area contributed by atoms with Crippen LogP contribution in [-0.2, 0) is 6.42 Å². The van der Waals surface area contributed by atoms with Gasteiger partial charge < -0.3 is 18.6 Å². The highest BCUT2D eigenvalue weighted by molar-refractivity contribution is 5.87. The number of imidazole rings is 1. The normalized spacial score (nSPS) is 17.7. The Kier molecular flexibility index (Phi) is 4.78. The highest BCUT2D eigenvalue weighted by Crippen LogP contribution is 2.27. The summed E-state index contributed by atoms with van der Waals surface area (Å²) < 4.78 is 7.67. The average molecular weight is 418 g/mol. The molecule has 0 radical (unpaired) electrons. The molecule has 0 spiro atoms. The maximum atomic E-state index is 12.9. The van der Waals surface area contributed by atoms with Gasteiger partial charge in [-0.3, -0.25) is 4.98 Å². The Morgan fingerprint density at radius 1 is 1.16 bits per heavy atom. The molecule has 1 aromatic carbocycles. The number of hydrogen-bond acceptors (Lipinski definition) is 6. The minimum Gasteiger partial charge on any atom is -0.421 e. The molecule has 160 valence electrons. The summed E-state index contributed by atoms with van der Waals surface area (Å²) in [6.07, 6.45) is 4.62. The summed E-state index contributed by atoms with van der Waals surface area (Å²) in [4.78, 5) is 26.8. The Hall–Kier alpha value is -3.19. The van der Waals surface area contributed by atoms with Crippen molar-refractivity contribution < 1.29 is 4.42 Å². The molecule has 0 unspecified atom stereocenters. The van der Waals surface area contributed by atoms with Crippen LogP contribution in [0.5, 0.6) is 0 Å². The SMILES string of the molecule is CCc1nc(C)cn2cc(-c3cc4ccc(N5CCN(C)[C@@H](C)C5)cc4c(=O)o3)nc12. The number of hydrogen-bond donors (Lipinski definition) is 0. The molecule has 4 heterocycles. The van der Waals surface area contributed by atoms with E-state index in [1.54, 1.807) is 0 Å². The summed E-state index contributed by atoms with van der Waals surface area (Å²) in [5, 5.41) is 1.46. The van der Waals surface area contributed by atoms with Crippen LogP contribution in [0, 0.1) is 6.92 Å². The van der Waals surface area contributed by atoms with Crippen LogP contribution >= 0.6 is 0 Å². The van der Waals surface area contributed by atoms with Gasteiger partial charge in [-0.05, 0) is 50.9 Å². The molecule has 1 saturated heterocycles. The van der Waals surface area contributed by atoms with Gasteiger partial charge in [0.2, 0.25) is 0 Å². The molecule has 1 atom stereocenters. The molecule has 7 nitrogen and oxygen atoms in total. The molecule has 0 aliphatic carbocycles. The lowest BCUT2D eigenvalue weighted by Gasteiger charge is -2.39. The van der Waals surface area contributed by atoms with E-state index in [-0.39, 0.29) is 5.63 Å². The molecule has 1 aliphatic heterocycles. The highest BCUT2D eigenvalue weighted by atomic mass is 16.4. The standard InChI is InChI=1S/C24H27N5O2/c1-5-20-23-26-21(14-29(23)12-15(2)25-20)22-10-17-6-7-18(11-19(17)24(30)31-22)28-9-8-27(4)16(3)13-28/h6-7,10-12,14,16H,5,8-9,13H2,1-4H3/t16-/m0/s1. The van der Waals surface area contributed by atoms with Crippen LogP contribution < -0.4 is 10.5 Å². The van der Waals surface area contributed by atoms with Crippen molar-refractivity contribution in [2.75, 3.05) is 31.6 Å². The number of likely N-dealkylation sites (N-methyl/N-ethyl adjacent to an activating group) is 1. The van der Waals surface area contributed by atoms with Crippen molar-refractivity contribution in [3.63, 3.8) is 0 Å². The van der Waals surface area contributed by atoms with Crippen LogP contribution in [0.15, 0.2) is 45.9 Å². The number of nitrogens with zero attached hydrogens (tertiary/aromatic N) is 5. The van der Waals surface area contributed by atoms with Crippen molar-refractivity contribution in [1.82, 2.24) is 19.3 Å². The van der Waals surface area contributed by atoms with E-state index in [2.05, 4.69) is 41.7 Å². The van der Waals surface area contributed by atoms with Gasteiger partial charge >= 0.3 is 5.63 Å². The summed E-state index contributed by atoms with van der Waals surface area (Å²) in [6, 6.07) is 8.43. The fourth-order valence-electron chi connectivity index (χ4n) is 4.33. The largest absolute Gasteiger partial charge is 0.421 e. The Bertz CT molecular complexity index is 1340. The van der Waals surface area contributed by atoms with Crippen molar-refractivity contribution >= 4 is 22.1 Å². The zero-order valence-corrected chi connectivity index (χ0v) is 18.4. The monoisotopic (exact) mass is 417 g/mol. The van der Waals surface area contributed by atoms with Gasteiger partial charge in [-0.1, -0.05) is 13.0 Å². The van der Waals surface area contributed by atoms with Gasteiger partial charge in [-0.25, -0.2) is 9.78 Å². The summed E-state index contributed by atoms with van der Waals surface area (Å²) in [7, 11) is 2.15. The van der Waals surface area contributed by atoms with Gasteiger partial charge in [0, 0.05) is 43.8 Å². The molecule has 1 fully saturated rings. The van der Waals surface area contributed by atoms with E-state index in [1.807, 2.05) is 41.9 Å². The van der Waals surface area contributed by atoms with Gasteiger partial charge in [-0.15, -0.1) is 0 Å². The molecule has 0 bridgehead atoms. The van der Waals surface area contributed by atoms with Crippen LogP contribution in [0.3, 0.4) is 0 Å². The van der Waals surface area contributed by atoms with E-state index >= 15 is 0 Å². The topological polar surface area (TPSA) is 66.9 Å². The molecule has 5 rings (SSSR count). The van der Waals surface area contributed by atoms with E-state index in [4.69, 9.17) is 9.40 Å². The molecule has 7 heteroatoms. The third kappa shape index (κ3) is 3.49. The van der Waals surface area contributed by atoms with E-state index in [0.29, 0.717) is 22.9 Å². The smallest absolute Gasteiger partial charge is 0.344 e. The Labute approximate surface area is 180 Å². The second kappa shape index (κ2) is 7.50. The first kappa shape index (κ1) is 19.8. The second-order valence-electron chi connectivity index (χ2n) is 8.48. The zero-order valence-electron chi connectivity index (χ0n) is 18.4. The fraction of sp³-hybridized carbons (Fsp3) is 0.375. The molecule has 0 N–H and O–H groups in total. The third-order valence-corrected chi connectivity index (χ3v) is 6.29. The van der Waals surface area contributed by atoms with Crippen molar-refractivity contribution in [3.05, 3.63) is 58.5 Å². The molecule has 0 saturated carbocycles. The van der Waals surface area contributed by atoms with Gasteiger partial charge in [0.05, 0.1) is 16.8 Å². The highest BCUT2D eigenvalue weighted by Gasteiger charge is 2.21. The minimum absolute atomic E-state index is 0.335. The number of rotatable bonds is 3. The lowest BCUT2D eigenvalue weighted by molar-refractivity contribution is 0.234. The number of anilines is 1. The number of fused-ring (bicyclic) bond motifs is 2. The van der Waals surface area contributed by atoms with Crippen LogP contribution in [0.2, 0.25) is 0 Å². The molecule has 4 aromatic rings. The van der Waals surface area contributed by atoms with Crippen molar-refractivity contribution in [2.24, 2.45) is 0 Å². The van der Waals surface area contributed by atoms with Gasteiger partial charge in [0.15, 0.2) is 11.4 Å². The van der Waals surface area contributed by atoms with Crippen LogP contribution in [0.25, 0.3) is 27.9 Å². The fourth-order valence-corrected chi connectivity index (χ4v) is 4.33. The number of aryl methyl sites for hydroxylation is 2. The van der Waals surface area contributed by atoms with E-state index in [0.717, 1.165) is 54.2 Å². The first-order valence-corrected chi connectivity index (χ1v) is 10.8. The van der Waals surface area contributed by atoms with Crippen molar-refractivity contribution in [1.29, 1.82) is 0 Å². The minimum atomic E-state index is -0.335. The number of benzene rings is 1. The van der Waals surface area contributed by atoms with E-state index in [1.165, 1.54) is 0 Å². The lowest BCUT2D eigenvalue weighted by atomic mass is 10.1. The summed E-state index contributed by atoms with van der Waals surface area (Å²) in [5.74, 6) is 0.474. The zero-order chi connectivity index (χ0) is 21.7. The van der Waals surface area contributed by atoms with E-state index in [9.17, 15) is 4.79 Å². The van der Waals surface area contributed by atoms with Gasteiger partial charge in [0.1, 0.15) is 5.69 Å². The first-order valence-electron chi connectivity index (χ1n) is 10.8. The van der Waals surface area contributed by atoms with Crippen molar-refractivity contribution in [2.45, 2.75) is 33.2 Å².